The Hall–Kier alpha value is -3.66. The molecule has 0 fully saturated rings. The number of carbonyl (C=O) groups is 1. The normalized spacial score (nSPS) is 12.0. The van der Waals surface area contributed by atoms with Crippen molar-refractivity contribution in [3.8, 4) is 0 Å². The molecule has 0 spiro atoms. The molecule has 0 bridgehead atoms. The summed E-state index contributed by atoms with van der Waals surface area (Å²) in [5, 5.41) is 11.4. The second kappa shape index (κ2) is 9.45. The molecule has 17 heteroatoms. The Kier molecular flexibility index (Phi) is 7.84. The lowest BCUT2D eigenvalue weighted by molar-refractivity contribution is -0.384. The van der Waals surface area contributed by atoms with Crippen LogP contribution in [0.3, 0.4) is 0 Å². The van der Waals surface area contributed by atoms with E-state index in [2.05, 4.69) is 0 Å². The highest BCUT2D eigenvalue weighted by Gasteiger charge is 2.41. The van der Waals surface area contributed by atoms with Crippen molar-refractivity contribution in [1.82, 2.24) is 0 Å². The van der Waals surface area contributed by atoms with E-state index < -0.39 is 63.5 Å². The number of carbonyl (C=O) groups excluding carboxylic acids is 1. The van der Waals surface area contributed by atoms with Crippen LogP contribution in [0.4, 0.5) is 65.4 Å². The van der Waals surface area contributed by atoms with Gasteiger partial charge < -0.3 is 11.1 Å². The maximum Gasteiger partial charge on any atom is 0.471 e. The van der Waals surface area contributed by atoms with Crippen molar-refractivity contribution in [1.29, 1.82) is 0 Å². The van der Waals surface area contributed by atoms with E-state index in [-0.39, 0.29) is 17.8 Å². The molecular formula is C16H8F11N3O3. The number of nitrogen functional groups attached to an aromatic ring is 1. The highest BCUT2D eigenvalue weighted by atomic mass is 19.4. The molecule has 0 aliphatic rings. The third kappa shape index (κ3) is 7.46. The third-order valence-electron chi connectivity index (χ3n) is 3.39. The van der Waals surface area contributed by atoms with Gasteiger partial charge in [-0.2, -0.15) is 39.5 Å². The standard InChI is InChI=1S/C9H3F7N2O3.C7H5F4N/c10-4-2-6(18(20)21)5(1-3(4)8(11,12)13)17-7(19)9(14,15)16;8-6-2-1-4(12)3-5(6)7(9,10)11/h1-2H,(H,17,19);1-3H,12H2. The van der Waals surface area contributed by atoms with E-state index in [0.717, 1.165) is 11.4 Å². The fraction of sp³-hybridized carbons (Fsp3) is 0.188. The SMILES string of the molecule is Nc1ccc(F)c(C(F)(F)F)c1.O=C(Nc1cc(C(F)(F)F)c(F)cc1[N+](=O)[O-])C(F)(F)F. The van der Waals surface area contributed by atoms with Gasteiger partial charge in [0.2, 0.25) is 0 Å². The van der Waals surface area contributed by atoms with Gasteiger partial charge in [0, 0.05) is 5.69 Å². The molecule has 33 heavy (non-hydrogen) atoms. The first-order valence-electron chi connectivity index (χ1n) is 7.80. The van der Waals surface area contributed by atoms with Crippen molar-refractivity contribution in [2.45, 2.75) is 18.5 Å². The number of amides is 1. The lowest BCUT2D eigenvalue weighted by Crippen LogP contribution is -2.30. The van der Waals surface area contributed by atoms with E-state index >= 15 is 0 Å². The number of rotatable bonds is 2. The molecule has 0 atom stereocenters. The number of benzene rings is 2. The summed E-state index contributed by atoms with van der Waals surface area (Å²) in [7, 11) is 0. The molecule has 0 aliphatic carbocycles. The molecule has 2 aromatic carbocycles. The van der Waals surface area contributed by atoms with Crippen molar-refractivity contribution in [3.63, 3.8) is 0 Å². The van der Waals surface area contributed by atoms with E-state index in [1.807, 2.05) is 0 Å². The zero-order valence-corrected chi connectivity index (χ0v) is 15.3. The minimum atomic E-state index is -5.49. The molecule has 0 heterocycles. The summed E-state index contributed by atoms with van der Waals surface area (Å²) in [5.41, 5.74) is -1.30. The lowest BCUT2D eigenvalue weighted by atomic mass is 10.1. The Bertz CT molecular complexity index is 1050. The third-order valence-corrected chi connectivity index (χ3v) is 3.39. The van der Waals surface area contributed by atoms with Crippen LogP contribution in [0.25, 0.3) is 0 Å². The van der Waals surface area contributed by atoms with Crippen molar-refractivity contribution in [3.05, 3.63) is 63.2 Å². The van der Waals surface area contributed by atoms with E-state index in [0.29, 0.717) is 12.1 Å². The van der Waals surface area contributed by atoms with Crippen LogP contribution in [0.5, 0.6) is 0 Å². The number of nitrogens with two attached hydrogens (primary N) is 1. The predicted molar refractivity (Wildman–Crippen MR) is 88.6 cm³/mol. The first-order chi connectivity index (χ1) is 14.7. The topological polar surface area (TPSA) is 98.3 Å². The highest BCUT2D eigenvalue weighted by Crippen LogP contribution is 2.37. The molecule has 3 N–H and O–H groups in total. The average molecular weight is 499 g/mol. The van der Waals surface area contributed by atoms with Gasteiger partial charge in [-0.25, -0.2) is 8.78 Å². The van der Waals surface area contributed by atoms with Crippen LogP contribution in [0, 0.1) is 21.7 Å². The quantitative estimate of drug-likeness (QED) is 0.241. The summed E-state index contributed by atoms with van der Waals surface area (Å²) >= 11 is 0. The van der Waals surface area contributed by atoms with Gasteiger partial charge in [-0.15, -0.1) is 0 Å². The Labute approximate surface area is 174 Å². The second-order valence-electron chi connectivity index (χ2n) is 5.79. The average Bonchev–Trinajstić information content (AvgIpc) is 2.62. The van der Waals surface area contributed by atoms with Crippen LogP contribution < -0.4 is 11.1 Å². The Morgan fingerprint density at radius 1 is 0.848 bits per heavy atom. The van der Waals surface area contributed by atoms with Crippen molar-refractivity contribution >= 4 is 23.0 Å². The molecule has 2 aromatic rings. The minimum absolute atomic E-state index is 0.108. The number of halogens is 11. The maximum atomic E-state index is 13.1. The molecule has 0 aromatic heterocycles. The number of nitro benzene ring substituents is 1. The molecule has 0 saturated heterocycles. The fourth-order valence-corrected chi connectivity index (χ4v) is 1.98. The van der Waals surface area contributed by atoms with Crippen molar-refractivity contribution in [2.24, 2.45) is 0 Å². The number of hydrogen-bond donors (Lipinski definition) is 2. The van der Waals surface area contributed by atoms with E-state index in [4.69, 9.17) is 5.73 Å². The van der Waals surface area contributed by atoms with Gasteiger partial charge in [-0.05, 0) is 24.3 Å². The molecule has 182 valence electrons. The number of hydrogen-bond acceptors (Lipinski definition) is 4. The minimum Gasteiger partial charge on any atom is -0.399 e. The molecule has 6 nitrogen and oxygen atoms in total. The Balaban J connectivity index is 0.000000383. The van der Waals surface area contributed by atoms with E-state index in [1.165, 1.54) is 0 Å². The number of nitrogens with zero attached hydrogens (tertiary/aromatic N) is 1. The smallest absolute Gasteiger partial charge is 0.399 e. The lowest BCUT2D eigenvalue weighted by Gasteiger charge is -2.12. The van der Waals surface area contributed by atoms with Gasteiger partial charge >= 0.3 is 24.4 Å². The Morgan fingerprint density at radius 3 is 1.73 bits per heavy atom. The molecule has 0 aliphatic heterocycles. The van der Waals surface area contributed by atoms with Gasteiger partial charge in [-0.1, -0.05) is 0 Å². The monoisotopic (exact) mass is 499 g/mol. The van der Waals surface area contributed by atoms with Crippen LogP contribution in [-0.4, -0.2) is 17.0 Å². The zero-order valence-electron chi connectivity index (χ0n) is 15.3. The first-order valence-corrected chi connectivity index (χ1v) is 7.80. The number of alkyl halides is 9. The molecule has 1 amide bonds. The summed E-state index contributed by atoms with van der Waals surface area (Å²) in [4.78, 5) is 19.7. The summed E-state index contributed by atoms with van der Waals surface area (Å²) in [6.07, 6.45) is -15.5. The van der Waals surface area contributed by atoms with Gasteiger partial charge in [0.05, 0.1) is 22.1 Å². The molecule has 0 radical (unpaired) electrons. The van der Waals surface area contributed by atoms with Crippen LogP contribution in [-0.2, 0) is 17.1 Å². The number of anilines is 2. The Morgan fingerprint density at radius 2 is 1.33 bits per heavy atom. The van der Waals surface area contributed by atoms with Gasteiger partial charge in [0.15, 0.2) is 0 Å². The van der Waals surface area contributed by atoms with E-state index in [1.54, 1.807) is 0 Å². The molecular weight excluding hydrogens is 491 g/mol. The first kappa shape index (κ1) is 27.4. The highest BCUT2D eigenvalue weighted by molar-refractivity contribution is 5.96. The number of nitro groups is 1. The number of nitrogens with one attached hydrogen (secondary N) is 1. The van der Waals surface area contributed by atoms with Gasteiger partial charge in [0.1, 0.15) is 17.3 Å². The summed E-state index contributed by atoms with van der Waals surface area (Å²) in [6.45, 7) is 0. The maximum absolute atomic E-state index is 13.1. The summed E-state index contributed by atoms with van der Waals surface area (Å²) in [6, 6.07) is 1.82. The van der Waals surface area contributed by atoms with Crippen LogP contribution in [0.2, 0.25) is 0 Å². The van der Waals surface area contributed by atoms with Crippen molar-refractivity contribution in [2.75, 3.05) is 11.1 Å². The summed E-state index contributed by atoms with van der Waals surface area (Å²) in [5.74, 6) is -6.10. The summed E-state index contributed by atoms with van der Waals surface area (Å²) < 4.78 is 135. The van der Waals surface area contributed by atoms with Crippen LogP contribution in [0.15, 0.2) is 30.3 Å². The predicted octanol–water partition coefficient (Wildman–Crippen LogP) is 5.68. The second-order valence-corrected chi connectivity index (χ2v) is 5.79. The molecule has 2 rings (SSSR count). The fourth-order valence-electron chi connectivity index (χ4n) is 1.98. The largest absolute Gasteiger partial charge is 0.471 e. The molecule has 0 unspecified atom stereocenters. The van der Waals surface area contributed by atoms with Crippen LogP contribution >= 0.6 is 0 Å². The molecule has 0 saturated carbocycles. The van der Waals surface area contributed by atoms with Gasteiger partial charge in [-0.3, -0.25) is 14.9 Å². The van der Waals surface area contributed by atoms with Crippen LogP contribution in [0.1, 0.15) is 11.1 Å². The van der Waals surface area contributed by atoms with E-state index in [9.17, 15) is 63.2 Å². The van der Waals surface area contributed by atoms with Gasteiger partial charge in [0.25, 0.3) is 5.69 Å². The zero-order chi connectivity index (χ0) is 25.9. The van der Waals surface area contributed by atoms with Crippen molar-refractivity contribution < 1.29 is 58.0 Å².